The molecule has 0 atom stereocenters. The van der Waals surface area contributed by atoms with Gasteiger partial charge < -0.3 is 13.9 Å². The van der Waals surface area contributed by atoms with Gasteiger partial charge in [-0.2, -0.15) is 0 Å². The maximum Gasteiger partial charge on any atom is 0.160 e. The van der Waals surface area contributed by atoms with Crippen LogP contribution >= 0.6 is 0 Å². The second-order valence-corrected chi connectivity index (χ2v) is 14.1. The number of aromatic nitrogens is 1. The number of hydrogen-bond acceptors (Lipinski definition) is 2. The molecule has 258 valence electrons. The quantitative estimate of drug-likeness (QED) is 0.172. The van der Waals surface area contributed by atoms with Crippen LogP contribution in [0.4, 0.5) is 17.1 Å². The van der Waals surface area contributed by atoms with Crippen LogP contribution in [0.3, 0.4) is 0 Å². The fraction of sp³-hybridized carbons (Fsp3) is 0. The van der Waals surface area contributed by atoms with Crippen LogP contribution in [0.15, 0.2) is 211 Å². The first-order valence-electron chi connectivity index (χ1n) is 18.8. The van der Waals surface area contributed by atoms with E-state index in [0.29, 0.717) is 0 Å². The Morgan fingerprint density at radius 2 is 0.982 bits per heavy atom. The first kappa shape index (κ1) is 31.2. The number of para-hydroxylation sites is 3. The normalized spacial score (nSPS) is 11.6. The van der Waals surface area contributed by atoms with Gasteiger partial charge in [0.05, 0.1) is 16.7 Å². The zero-order valence-corrected chi connectivity index (χ0v) is 29.9. The summed E-state index contributed by atoms with van der Waals surface area (Å²) in [6, 6.07) is 73.8. The maximum absolute atomic E-state index is 6.79. The average Bonchev–Trinajstić information content (AvgIpc) is 3.82. The lowest BCUT2D eigenvalue weighted by Gasteiger charge is -2.26. The molecule has 11 rings (SSSR count). The van der Waals surface area contributed by atoms with Crippen molar-refractivity contribution in [3.05, 3.63) is 206 Å². The standard InChI is InChI=1S/C52H34N2O/c1-3-14-35(15-4-1)36-26-30-40(31-27-36)53(48-34-38-16-7-8-19-43(38)51-45-21-10-12-25-49(45)55-52(48)51)41-32-28-37(29-33-41)42-22-13-24-47-50(42)44-20-9-11-23-46(44)54(47)39-17-5-2-6-18-39/h1-34H. The van der Waals surface area contributed by atoms with Gasteiger partial charge in [0.2, 0.25) is 0 Å². The Hall–Kier alpha value is -7.36. The van der Waals surface area contributed by atoms with Gasteiger partial charge in [0.25, 0.3) is 0 Å². The van der Waals surface area contributed by atoms with Crippen LogP contribution in [0, 0.1) is 0 Å². The Bertz CT molecular complexity index is 3180. The summed E-state index contributed by atoms with van der Waals surface area (Å²) < 4.78 is 9.16. The van der Waals surface area contributed by atoms with Gasteiger partial charge in [-0.15, -0.1) is 0 Å². The summed E-state index contributed by atoms with van der Waals surface area (Å²) in [6.07, 6.45) is 0. The molecule has 2 aromatic heterocycles. The second-order valence-electron chi connectivity index (χ2n) is 14.1. The van der Waals surface area contributed by atoms with E-state index in [-0.39, 0.29) is 0 Å². The fourth-order valence-corrected chi connectivity index (χ4v) is 8.49. The third-order valence-electron chi connectivity index (χ3n) is 11.0. The molecule has 0 amide bonds. The lowest BCUT2D eigenvalue weighted by atomic mass is 9.98. The van der Waals surface area contributed by atoms with E-state index in [2.05, 4.69) is 210 Å². The molecule has 0 unspecified atom stereocenters. The van der Waals surface area contributed by atoms with Crippen LogP contribution in [0.2, 0.25) is 0 Å². The van der Waals surface area contributed by atoms with Gasteiger partial charge in [0.1, 0.15) is 5.58 Å². The number of rotatable bonds is 6. The van der Waals surface area contributed by atoms with Crippen molar-refractivity contribution in [3.63, 3.8) is 0 Å². The van der Waals surface area contributed by atoms with Crippen LogP contribution in [-0.4, -0.2) is 4.57 Å². The molecule has 0 saturated carbocycles. The highest BCUT2D eigenvalue weighted by molar-refractivity contribution is 6.23. The predicted molar refractivity (Wildman–Crippen MR) is 231 cm³/mol. The molecule has 55 heavy (non-hydrogen) atoms. The largest absolute Gasteiger partial charge is 0.454 e. The lowest BCUT2D eigenvalue weighted by molar-refractivity contribution is 0.669. The summed E-state index contributed by atoms with van der Waals surface area (Å²) in [6.45, 7) is 0. The molecule has 11 aromatic rings. The highest BCUT2D eigenvalue weighted by Crippen LogP contribution is 2.46. The number of anilines is 3. The van der Waals surface area contributed by atoms with E-state index in [9.17, 15) is 0 Å². The monoisotopic (exact) mass is 702 g/mol. The topological polar surface area (TPSA) is 21.3 Å². The molecule has 2 heterocycles. The first-order chi connectivity index (χ1) is 27.3. The smallest absolute Gasteiger partial charge is 0.160 e. The SMILES string of the molecule is c1ccc(-c2ccc(N(c3ccc(-c4cccc5c4c4ccccc4n5-c4ccccc4)cc3)c3cc4ccccc4c4c3oc3ccccc34)cc2)cc1. The molecule has 0 radical (unpaired) electrons. The van der Waals surface area contributed by atoms with Gasteiger partial charge in [-0.05, 0) is 93.7 Å². The Morgan fingerprint density at radius 1 is 0.400 bits per heavy atom. The molecule has 0 aliphatic rings. The first-order valence-corrected chi connectivity index (χ1v) is 18.8. The van der Waals surface area contributed by atoms with Crippen LogP contribution < -0.4 is 4.90 Å². The van der Waals surface area contributed by atoms with Crippen molar-refractivity contribution in [1.29, 1.82) is 0 Å². The molecule has 0 N–H and O–H groups in total. The van der Waals surface area contributed by atoms with Gasteiger partial charge in [0.15, 0.2) is 5.58 Å². The summed E-state index contributed by atoms with van der Waals surface area (Å²) in [5.41, 5.74) is 13.1. The van der Waals surface area contributed by atoms with Crippen LogP contribution in [0.25, 0.3) is 82.5 Å². The van der Waals surface area contributed by atoms with E-state index < -0.39 is 0 Å². The van der Waals surface area contributed by atoms with Crippen molar-refractivity contribution in [2.24, 2.45) is 0 Å². The minimum atomic E-state index is 0.870. The Kier molecular flexibility index (Phi) is 7.17. The third kappa shape index (κ3) is 5.05. The molecule has 0 fully saturated rings. The molecular weight excluding hydrogens is 669 g/mol. The molecular formula is C52H34N2O. The van der Waals surface area contributed by atoms with E-state index in [1.807, 2.05) is 6.07 Å². The molecule has 0 saturated heterocycles. The van der Waals surface area contributed by atoms with E-state index in [1.54, 1.807) is 0 Å². The van der Waals surface area contributed by atoms with Gasteiger partial charge in [-0.25, -0.2) is 0 Å². The van der Waals surface area contributed by atoms with Crippen LogP contribution in [0.1, 0.15) is 0 Å². The maximum atomic E-state index is 6.79. The minimum Gasteiger partial charge on any atom is -0.454 e. The second kappa shape index (κ2) is 12.6. The number of hydrogen-bond donors (Lipinski definition) is 0. The summed E-state index contributed by atoms with van der Waals surface area (Å²) in [4.78, 5) is 2.34. The molecule has 3 heteroatoms. The fourth-order valence-electron chi connectivity index (χ4n) is 8.49. The van der Waals surface area contributed by atoms with Crippen molar-refractivity contribution in [2.45, 2.75) is 0 Å². The molecule has 3 nitrogen and oxygen atoms in total. The van der Waals surface area contributed by atoms with Crippen molar-refractivity contribution < 1.29 is 4.42 Å². The summed E-state index contributed by atoms with van der Waals surface area (Å²) >= 11 is 0. The third-order valence-corrected chi connectivity index (χ3v) is 11.0. The molecule has 0 bridgehead atoms. The van der Waals surface area contributed by atoms with E-state index >= 15 is 0 Å². The van der Waals surface area contributed by atoms with Gasteiger partial charge >= 0.3 is 0 Å². The molecule has 0 aliphatic carbocycles. The summed E-state index contributed by atoms with van der Waals surface area (Å²) in [7, 11) is 0. The Labute approximate surface area is 318 Å². The van der Waals surface area contributed by atoms with Crippen LogP contribution in [-0.2, 0) is 0 Å². The van der Waals surface area contributed by atoms with E-state index in [0.717, 1.165) is 50.3 Å². The lowest BCUT2D eigenvalue weighted by Crippen LogP contribution is -2.10. The van der Waals surface area contributed by atoms with Gasteiger partial charge in [-0.3, -0.25) is 0 Å². The zero-order chi connectivity index (χ0) is 36.3. The summed E-state index contributed by atoms with van der Waals surface area (Å²) in [5.74, 6) is 0. The molecule has 9 aromatic carbocycles. The number of furan rings is 1. The van der Waals surface area contributed by atoms with E-state index in [4.69, 9.17) is 4.42 Å². The number of fused-ring (bicyclic) bond motifs is 8. The summed E-state index contributed by atoms with van der Waals surface area (Å²) in [5, 5.41) is 7.09. The van der Waals surface area contributed by atoms with Crippen molar-refractivity contribution in [3.8, 4) is 27.9 Å². The highest BCUT2D eigenvalue weighted by Gasteiger charge is 2.22. The molecule has 0 aliphatic heterocycles. The minimum absolute atomic E-state index is 0.870. The highest BCUT2D eigenvalue weighted by atomic mass is 16.3. The predicted octanol–water partition coefficient (Wildman–Crippen LogP) is 14.6. The van der Waals surface area contributed by atoms with Gasteiger partial charge in [-0.1, -0.05) is 146 Å². The van der Waals surface area contributed by atoms with Crippen LogP contribution in [0.5, 0.6) is 0 Å². The van der Waals surface area contributed by atoms with Crippen molar-refractivity contribution in [2.75, 3.05) is 4.90 Å². The van der Waals surface area contributed by atoms with Crippen molar-refractivity contribution >= 4 is 71.6 Å². The number of benzene rings is 9. The average molecular weight is 703 g/mol. The number of nitrogens with zero attached hydrogens (tertiary/aromatic N) is 2. The Balaban J connectivity index is 1.11. The Morgan fingerprint density at radius 3 is 1.75 bits per heavy atom. The van der Waals surface area contributed by atoms with Crippen molar-refractivity contribution in [1.82, 2.24) is 4.57 Å². The zero-order valence-electron chi connectivity index (χ0n) is 29.9. The van der Waals surface area contributed by atoms with E-state index in [1.165, 1.54) is 49.3 Å². The molecule has 0 spiro atoms. The van der Waals surface area contributed by atoms with Gasteiger partial charge in [0, 0.05) is 38.6 Å².